The topological polar surface area (TPSA) is 72.8 Å². The molecular weight excluding hydrogens is 438 g/mol. The molecule has 5 nitrogen and oxygen atoms in total. The van der Waals surface area contributed by atoms with Crippen molar-refractivity contribution in [1.82, 2.24) is 0 Å². The van der Waals surface area contributed by atoms with Gasteiger partial charge in [0, 0.05) is 34.7 Å². The fraction of sp³-hybridized carbons (Fsp3) is 0.200. The number of rotatable bonds is 3. The van der Waals surface area contributed by atoms with Crippen LogP contribution in [0.25, 0.3) is 0 Å². The van der Waals surface area contributed by atoms with Gasteiger partial charge in [-0.25, -0.2) is 4.79 Å². The van der Waals surface area contributed by atoms with E-state index in [-0.39, 0.29) is 11.6 Å². The number of hydrogen-bond acceptors (Lipinski definition) is 5. The van der Waals surface area contributed by atoms with E-state index in [1.807, 2.05) is 55.5 Å². The number of allylic oxidation sites excluding steroid dienone is 2. The third-order valence-electron chi connectivity index (χ3n) is 7.11. The number of benzene rings is 3. The van der Waals surface area contributed by atoms with Crippen molar-refractivity contribution < 1.29 is 19.1 Å². The van der Waals surface area contributed by atoms with E-state index in [1.54, 1.807) is 24.3 Å². The second-order valence-electron chi connectivity index (χ2n) is 9.32. The van der Waals surface area contributed by atoms with E-state index in [9.17, 15) is 14.4 Å². The molecule has 0 amide bonds. The number of esters is 1. The molecule has 0 saturated carbocycles. The van der Waals surface area contributed by atoms with Gasteiger partial charge in [0.1, 0.15) is 5.75 Å². The molecule has 2 aliphatic carbocycles. The van der Waals surface area contributed by atoms with Crippen LogP contribution >= 0.6 is 0 Å². The normalized spacial score (nSPS) is 20.7. The van der Waals surface area contributed by atoms with E-state index in [0.717, 1.165) is 40.9 Å². The average Bonchev–Trinajstić information content (AvgIpc) is 3.16. The number of carbonyl (C=O) groups excluding carboxylic acids is 3. The van der Waals surface area contributed by atoms with Crippen molar-refractivity contribution in [2.24, 2.45) is 10.9 Å². The summed E-state index contributed by atoms with van der Waals surface area (Å²) in [6, 6.07) is 21.9. The Morgan fingerprint density at radius 3 is 2.31 bits per heavy atom. The van der Waals surface area contributed by atoms with E-state index < -0.39 is 17.8 Å². The summed E-state index contributed by atoms with van der Waals surface area (Å²) >= 11 is 0. The highest BCUT2D eigenvalue weighted by molar-refractivity contribution is 6.30. The second kappa shape index (κ2) is 8.27. The first-order chi connectivity index (χ1) is 17.0. The number of aliphatic imine (C=N–C) groups is 1. The Morgan fingerprint density at radius 1 is 0.857 bits per heavy atom. The van der Waals surface area contributed by atoms with Crippen LogP contribution in [0.3, 0.4) is 0 Å². The van der Waals surface area contributed by atoms with Crippen molar-refractivity contribution in [2.45, 2.75) is 32.1 Å². The first kappa shape index (κ1) is 21.4. The van der Waals surface area contributed by atoms with Gasteiger partial charge in [-0.05, 0) is 49.6 Å². The maximum atomic E-state index is 13.5. The van der Waals surface area contributed by atoms with Crippen molar-refractivity contribution in [1.29, 1.82) is 0 Å². The highest BCUT2D eigenvalue weighted by Gasteiger charge is 2.48. The Balaban J connectivity index is 1.36. The Morgan fingerprint density at radius 2 is 1.57 bits per heavy atom. The lowest BCUT2D eigenvalue weighted by atomic mass is 9.71. The summed E-state index contributed by atoms with van der Waals surface area (Å²) in [4.78, 5) is 44.0. The summed E-state index contributed by atoms with van der Waals surface area (Å²) in [5.41, 5.74) is 6.14. The maximum Gasteiger partial charge on any atom is 0.343 e. The number of aryl methyl sites for hydroxylation is 1. The highest BCUT2D eigenvalue weighted by Crippen LogP contribution is 2.48. The molecule has 5 heteroatoms. The molecule has 0 N–H and O–H groups in total. The lowest BCUT2D eigenvalue weighted by Crippen LogP contribution is -2.33. The fourth-order valence-corrected chi connectivity index (χ4v) is 5.41. The molecule has 3 aliphatic rings. The molecule has 0 saturated heterocycles. The van der Waals surface area contributed by atoms with Crippen LogP contribution in [0.2, 0.25) is 0 Å². The third-order valence-corrected chi connectivity index (χ3v) is 7.11. The van der Waals surface area contributed by atoms with Crippen LogP contribution in [-0.2, 0) is 4.79 Å². The lowest BCUT2D eigenvalue weighted by molar-refractivity contribution is -0.116. The van der Waals surface area contributed by atoms with E-state index in [0.29, 0.717) is 28.9 Å². The van der Waals surface area contributed by atoms with Crippen molar-refractivity contribution in [2.75, 3.05) is 0 Å². The number of fused-ring (bicyclic) bond motifs is 3. The number of ketones is 2. The van der Waals surface area contributed by atoms with Crippen molar-refractivity contribution in [3.05, 3.63) is 112 Å². The van der Waals surface area contributed by atoms with Gasteiger partial charge >= 0.3 is 5.97 Å². The van der Waals surface area contributed by atoms with Crippen LogP contribution in [0, 0.1) is 12.8 Å². The molecule has 0 aromatic heterocycles. The van der Waals surface area contributed by atoms with E-state index >= 15 is 0 Å². The Labute approximate surface area is 203 Å². The van der Waals surface area contributed by atoms with Gasteiger partial charge in [0.15, 0.2) is 11.6 Å². The Kier molecular flexibility index (Phi) is 5.06. The highest BCUT2D eigenvalue weighted by atomic mass is 16.5. The minimum Gasteiger partial charge on any atom is -0.423 e. The largest absolute Gasteiger partial charge is 0.423 e. The molecule has 1 aliphatic heterocycles. The standard InChI is InChI=1S/C30H23NO4/c1-17-9-11-19(12-10-17)30(34)35-20-15-13-18(14-16-20)25-26-23(7-4-8-24(26)32)31-28-21-5-2-3-6-22(21)29(33)27(25)28/h2-3,5-6,9-16,25,27H,4,7-8H2,1H3/t25-,27+/m0/s1. The summed E-state index contributed by atoms with van der Waals surface area (Å²) in [6.45, 7) is 1.96. The molecule has 0 unspecified atom stereocenters. The molecular formula is C30H23NO4. The third kappa shape index (κ3) is 3.55. The predicted molar refractivity (Wildman–Crippen MR) is 132 cm³/mol. The van der Waals surface area contributed by atoms with Gasteiger partial charge in [0.25, 0.3) is 0 Å². The number of nitrogens with zero attached hydrogens (tertiary/aromatic N) is 1. The van der Waals surface area contributed by atoms with Gasteiger partial charge in [0.05, 0.1) is 17.2 Å². The van der Waals surface area contributed by atoms with Crippen LogP contribution in [0.15, 0.2) is 89.1 Å². The molecule has 0 bridgehead atoms. The number of carbonyl (C=O) groups is 3. The molecule has 35 heavy (non-hydrogen) atoms. The molecule has 0 radical (unpaired) electrons. The molecule has 1 heterocycles. The predicted octanol–water partition coefficient (Wildman–Crippen LogP) is 5.62. The minimum absolute atomic E-state index is 0.00384. The molecule has 6 rings (SSSR count). The van der Waals surface area contributed by atoms with Crippen molar-refractivity contribution >= 4 is 23.2 Å². The SMILES string of the molecule is Cc1ccc(C(=O)Oc2ccc([C@H]3C4=C(CCCC4=O)N=C4c5ccccc5C(=O)[C@@H]43)cc2)cc1. The quantitative estimate of drug-likeness (QED) is 0.375. The van der Waals surface area contributed by atoms with E-state index in [4.69, 9.17) is 9.73 Å². The van der Waals surface area contributed by atoms with Gasteiger partial charge in [-0.2, -0.15) is 0 Å². The van der Waals surface area contributed by atoms with Crippen LogP contribution in [0.5, 0.6) is 5.75 Å². The molecule has 0 spiro atoms. The van der Waals surface area contributed by atoms with E-state index in [1.165, 1.54) is 0 Å². The molecule has 0 fully saturated rings. The van der Waals surface area contributed by atoms with Crippen molar-refractivity contribution in [3.8, 4) is 5.75 Å². The maximum absolute atomic E-state index is 13.5. The first-order valence-electron chi connectivity index (χ1n) is 11.9. The number of ether oxygens (including phenoxy) is 1. The minimum atomic E-state index is -0.519. The van der Waals surface area contributed by atoms with Crippen LogP contribution in [-0.4, -0.2) is 23.2 Å². The zero-order chi connectivity index (χ0) is 24.1. The fourth-order valence-electron chi connectivity index (χ4n) is 5.41. The monoisotopic (exact) mass is 461 g/mol. The van der Waals surface area contributed by atoms with Gasteiger partial charge in [0.2, 0.25) is 0 Å². The second-order valence-corrected chi connectivity index (χ2v) is 9.32. The smallest absolute Gasteiger partial charge is 0.343 e. The molecule has 2 atom stereocenters. The van der Waals surface area contributed by atoms with E-state index in [2.05, 4.69) is 0 Å². The number of hydrogen-bond donors (Lipinski definition) is 0. The zero-order valence-electron chi connectivity index (χ0n) is 19.3. The Hall–Kier alpha value is -4.12. The van der Waals surface area contributed by atoms with Gasteiger partial charge in [-0.15, -0.1) is 0 Å². The van der Waals surface area contributed by atoms with Gasteiger partial charge in [-0.3, -0.25) is 14.6 Å². The first-order valence-corrected chi connectivity index (χ1v) is 11.9. The zero-order valence-corrected chi connectivity index (χ0v) is 19.3. The molecule has 3 aromatic carbocycles. The van der Waals surface area contributed by atoms with Crippen LogP contribution in [0.1, 0.15) is 62.6 Å². The van der Waals surface area contributed by atoms with Crippen molar-refractivity contribution in [3.63, 3.8) is 0 Å². The van der Waals surface area contributed by atoms with Gasteiger partial charge < -0.3 is 4.74 Å². The summed E-state index contributed by atoms with van der Waals surface area (Å²) in [5, 5.41) is 0. The van der Waals surface area contributed by atoms with Crippen LogP contribution in [0.4, 0.5) is 0 Å². The molecule has 172 valence electrons. The molecule has 3 aromatic rings. The average molecular weight is 462 g/mol. The summed E-state index contributed by atoms with van der Waals surface area (Å²) in [7, 11) is 0. The lowest BCUT2D eigenvalue weighted by Gasteiger charge is -2.33. The Bertz CT molecular complexity index is 1440. The summed E-state index contributed by atoms with van der Waals surface area (Å²) in [6.07, 6.45) is 1.98. The number of Topliss-reactive ketones (excluding diaryl/α,β-unsaturated/α-hetero) is 2. The summed E-state index contributed by atoms with van der Waals surface area (Å²) in [5.74, 6) is -0.865. The van der Waals surface area contributed by atoms with Gasteiger partial charge in [-0.1, -0.05) is 54.1 Å². The summed E-state index contributed by atoms with van der Waals surface area (Å²) < 4.78 is 5.56. The van der Waals surface area contributed by atoms with Crippen LogP contribution < -0.4 is 4.74 Å².